The Balaban J connectivity index is 0.000000810. The van der Waals surface area contributed by atoms with Crippen molar-refractivity contribution in [2.75, 3.05) is 0 Å². The van der Waals surface area contributed by atoms with E-state index in [9.17, 15) is 0 Å². The topological polar surface area (TPSA) is 23.8 Å². The summed E-state index contributed by atoms with van der Waals surface area (Å²) in [5.41, 5.74) is 0.638. The maximum atomic E-state index is 8.34. The fourth-order valence-corrected chi connectivity index (χ4v) is 0.650. The molecule has 1 aromatic rings. The number of benzene rings is 1. The van der Waals surface area contributed by atoms with Crippen molar-refractivity contribution < 1.29 is 4.70 Å². The molecule has 0 N–H and O–H groups in total. The molecule has 1 aromatic carbocycles. The zero-order valence-corrected chi connectivity index (χ0v) is 5.80. The quantitative estimate of drug-likeness (QED) is 0.567. The highest BCUT2D eigenvalue weighted by Crippen LogP contribution is 2.07. The molecule has 0 saturated carbocycles. The van der Waals surface area contributed by atoms with E-state index in [0.717, 1.165) is 0 Å². The molecule has 0 bridgehead atoms. The predicted octanol–water partition coefficient (Wildman–Crippen LogP) is 2.36. The van der Waals surface area contributed by atoms with Gasteiger partial charge in [-0.05, 0) is 24.3 Å². The second-order valence-corrected chi connectivity index (χ2v) is 2.06. The SMILES string of the molecule is F.N#Cc1ccc(Cl)cc1. The summed E-state index contributed by atoms with van der Waals surface area (Å²) in [7, 11) is 0. The monoisotopic (exact) mass is 157 g/mol. The lowest BCUT2D eigenvalue weighted by Crippen LogP contribution is -1.69. The Hall–Kier alpha value is -1.07. The molecule has 0 heterocycles. The van der Waals surface area contributed by atoms with Crippen molar-refractivity contribution in [3.63, 3.8) is 0 Å². The van der Waals surface area contributed by atoms with Gasteiger partial charge in [-0.2, -0.15) is 5.26 Å². The number of nitriles is 1. The van der Waals surface area contributed by atoms with Crippen molar-refractivity contribution in [1.29, 1.82) is 5.26 Å². The number of nitrogens with zero attached hydrogens (tertiary/aromatic N) is 1. The van der Waals surface area contributed by atoms with E-state index in [2.05, 4.69) is 0 Å². The minimum Gasteiger partial charge on any atom is -0.269 e. The van der Waals surface area contributed by atoms with E-state index < -0.39 is 0 Å². The van der Waals surface area contributed by atoms with Crippen LogP contribution in [0.15, 0.2) is 24.3 Å². The van der Waals surface area contributed by atoms with Gasteiger partial charge in [-0.3, -0.25) is 4.70 Å². The second-order valence-electron chi connectivity index (χ2n) is 1.62. The van der Waals surface area contributed by atoms with Crippen molar-refractivity contribution in [2.45, 2.75) is 0 Å². The van der Waals surface area contributed by atoms with Crippen molar-refractivity contribution in [2.24, 2.45) is 0 Å². The van der Waals surface area contributed by atoms with Gasteiger partial charge in [-0.25, -0.2) is 0 Å². The van der Waals surface area contributed by atoms with Crippen LogP contribution < -0.4 is 0 Å². The summed E-state index contributed by atoms with van der Waals surface area (Å²) in [6.07, 6.45) is 0. The van der Waals surface area contributed by atoms with Gasteiger partial charge in [0.15, 0.2) is 0 Å². The van der Waals surface area contributed by atoms with Crippen molar-refractivity contribution in [3.05, 3.63) is 34.9 Å². The molecular formula is C7H5ClFN. The molecule has 0 unspecified atom stereocenters. The van der Waals surface area contributed by atoms with Gasteiger partial charge < -0.3 is 0 Å². The molecule has 0 aliphatic heterocycles. The van der Waals surface area contributed by atoms with E-state index in [0.29, 0.717) is 10.6 Å². The first-order valence-corrected chi connectivity index (χ1v) is 2.86. The fraction of sp³-hybridized carbons (Fsp3) is 0. The van der Waals surface area contributed by atoms with Crippen LogP contribution in [-0.2, 0) is 0 Å². The van der Waals surface area contributed by atoms with Gasteiger partial charge >= 0.3 is 0 Å². The Morgan fingerprint density at radius 2 is 1.70 bits per heavy atom. The van der Waals surface area contributed by atoms with E-state index in [1.807, 2.05) is 6.07 Å². The number of hydrogen-bond acceptors (Lipinski definition) is 1. The van der Waals surface area contributed by atoms with E-state index in [1.54, 1.807) is 24.3 Å². The highest BCUT2D eigenvalue weighted by Gasteiger charge is 1.86. The number of halogens is 2. The molecule has 0 amide bonds. The molecule has 1 nitrogen and oxygen atoms in total. The second kappa shape index (κ2) is 3.86. The summed E-state index contributed by atoms with van der Waals surface area (Å²) in [5.74, 6) is 0. The summed E-state index contributed by atoms with van der Waals surface area (Å²) in [6, 6.07) is 8.75. The average molecular weight is 158 g/mol. The Labute approximate surface area is 63.2 Å². The molecule has 0 aliphatic carbocycles. The maximum Gasteiger partial charge on any atom is 0.0991 e. The van der Waals surface area contributed by atoms with E-state index in [1.165, 1.54) is 0 Å². The highest BCUT2D eigenvalue weighted by molar-refractivity contribution is 6.30. The number of hydrogen-bond donors (Lipinski definition) is 0. The predicted molar refractivity (Wildman–Crippen MR) is 38.7 cm³/mol. The molecule has 0 aromatic heterocycles. The molecule has 0 fully saturated rings. The lowest BCUT2D eigenvalue weighted by molar-refractivity contribution is 1.11. The van der Waals surface area contributed by atoms with E-state index >= 15 is 0 Å². The molecule has 0 spiro atoms. The Morgan fingerprint density at radius 3 is 2.10 bits per heavy atom. The highest BCUT2D eigenvalue weighted by atomic mass is 35.5. The molecule has 10 heavy (non-hydrogen) atoms. The molecule has 0 atom stereocenters. The Bertz CT molecular complexity index is 237. The Kier molecular flexibility index (Phi) is 3.45. The van der Waals surface area contributed by atoms with Crippen LogP contribution in [0.25, 0.3) is 0 Å². The summed E-state index contributed by atoms with van der Waals surface area (Å²) in [5, 5.41) is 9.00. The Morgan fingerprint density at radius 1 is 1.20 bits per heavy atom. The van der Waals surface area contributed by atoms with Crippen LogP contribution in [0, 0.1) is 11.3 Å². The van der Waals surface area contributed by atoms with Crippen LogP contribution in [0.5, 0.6) is 0 Å². The van der Waals surface area contributed by atoms with Crippen LogP contribution in [0.4, 0.5) is 4.70 Å². The van der Waals surface area contributed by atoms with Crippen molar-refractivity contribution in [1.82, 2.24) is 0 Å². The van der Waals surface area contributed by atoms with E-state index in [4.69, 9.17) is 16.9 Å². The van der Waals surface area contributed by atoms with Crippen LogP contribution in [0.3, 0.4) is 0 Å². The summed E-state index contributed by atoms with van der Waals surface area (Å²) >= 11 is 5.56. The lowest BCUT2D eigenvalue weighted by Gasteiger charge is -1.86. The largest absolute Gasteiger partial charge is 0.269 e. The fourth-order valence-electron chi connectivity index (χ4n) is 0.524. The van der Waals surface area contributed by atoms with Gasteiger partial charge in [0.2, 0.25) is 0 Å². The van der Waals surface area contributed by atoms with Crippen LogP contribution in [-0.4, -0.2) is 0 Å². The van der Waals surface area contributed by atoms with Gasteiger partial charge in [0.1, 0.15) is 0 Å². The van der Waals surface area contributed by atoms with Gasteiger partial charge in [-0.1, -0.05) is 11.6 Å². The van der Waals surface area contributed by atoms with Gasteiger partial charge in [-0.15, -0.1) is 0 Å². The van der Waals surface area contributed by atoms with Gasteiger partial charge in [0, 0.05) is 5.02 Å². The zero-order chi connectivity index (χ0) is 6.69. The maximum absolute atomic E-state index is 8.34. The summed E-state index contributed by atoms with van der Waals surface area (Å²) in [4.78, 5) is 0. The van der Waals surface area contributed by atoms with Crippen LogP contribution in [0.2, 0.25) is 5.02 Å². The van der Waals surface area contributed by atoms with Crippen molar-refractivity contribution in [3.8, 4) is 6.07 Å². The third kappa shape index (κ3) is 2.04. The standard InChI is InChI=1S/C7H4ClN.FH/c8-7-3-1-6(5-9)2-4-7;/h1-4H;1H. The minimum absolute atomic E-state index is 0. The molecule has 0 aliphatic rings. The first-order valence-electron chi connectivity index (χ1n) is 2.48. The van der Waals surface area contributed by atoms with Crippen LogP contribution in [0.1, 0.15) is 5.56 Å². The van der Waals surface area contributed by atoms with E-state index in [-0.39, 0.29) is 4.70 Å². The third-order valence-corrected chi connectivity index (χ3v) is 1.23. The average Bonchev–Trinajstić information content (AvgIpc) is 1.90. The van der Waals surface area contributed by atoms with Crippen LogP contribution >= 0.6 is 11.6 Å². The lowest BCUT2D eigenvalue weighted by atomic mass is 10.2. The zero-order valence-electron chi connectivity index (χ0n) is 5.04. The molecule has 0 saturated heterocycles. The normalized spacial score (nSPS) is 7.60. The first-order chi connectivity index (χ1) is 4.33. The molecular weight excluding hydrogens is 153 g/mol. The number of rotatable bonds is 0. The smallest absolute Gasteiger partial charge is 0.0991 e. The molecule has 3 heteroatoms. The summed E-state index contributed by atoms with van der Waals surface area (Å²) < 4.78 is 0. The minimum atomic E-state index is 0. The molecule has 0 radical (unpaired) electrons. The molecule has 52 valence electrons. The van der Waals surface area contributed by atoms with Gasteiger partial charge in [0.25, 0.3) is 0 Å². The van der Waals surface area contributed by atoms with Crippen molar-refractivity contribution >= 4 is 11.6 Å². The van der Waals surface area contributed by atoms with Gasteiger partial charge in [0.05, 0.1) is 11.6 Å². The summed E-state index contributed by atoms with van der Waals surface area (Å²) in [6.45, 7) is 0. The third-order valence-electron chi connectivity index (χ3n) is 0.973. The first kappa shape index (κ1) is 8.93. The molecule has 1 rings (SSSR count).